The summed E-state index contributed by atoms with van der Waals surface area (Å²) in [5.74, 6) is -0.218. The molecule has 1 aliphatic carbocycles. The molecular weight excluding hydrogens is 166 g/mol. The van der Waals surface area contributed by atoms with Crippen LogP contribution in [0.15, 0.2) is 12.7 Å². The summed E-state index contributed by atoms with van der Waals surface area (Å²) in [5, 5.41) is 0. The summed E-state index contributed by atoms with van der Waals surface area (Å²) in [6, 6.07) is 0. The van der Waals surface area contributed by atoms with Crippen molar-refractivity contribution in [3.63, 3.8) is 0 Å². The van der Waals surface area contributed by atoms with Crippen molar-refractivity contribution < 1.29 is 9.53 Å². The Morgan fingerprint density at radius 2 is 2.64 bits per heavy atom. The second kappa shape index (κ2) is 2.83. The molecule has 4 heteroatoms. The van der Waals surface area contributed by atoms with Gasteiger partial charge in [-0.2, -0.15) is 0 Å². The van der Waals surface area contributed by atoms with Crippen LogP contribution in [0.4, 0.5) is 0 Å². The lowest BCUT2D eigenvalue weighted by atomic mass is 10.2. The number of rotatable bonds is 3. The van der Waals surface area contributed by atoms with Crippen molar-refractivity contribution in [3.05, 3.63) is 12.7 Å². The summed E-state index contributed by atoms with van der Waals surface area (Å²) >= 11 is 5.40. The van der Waals surface area contributed by atoms with Crippen LogP contribution in [0.3, 0.4) is 0 Å². The first-order chi connectivity index (χ1) is 5.21. The first-order valence-electron chi connectivity index (χ1n) is 3.30. The van der Waals surface area contributed by atoms with E-state index in [-0.39, 0.29) is 11.9 Å². The molecule has 0 aromatic carbocycles. The van der Waals surface area contributed by atoms with Crippen LogP contribution in [0.25, 0.3) is 0 Å². The largest absolute Gasteiger partial charge is 0.468 e. The molecule has 1 fully saturated rings. The van der Waals surface area contributed by atoms with E-state index in [1.165, 1.54) is 7.11 Å². The van der Waals surface area contributed by atoms with E-state index in [0.29, 0.717) is 6.42 Å². The monoisotopic (exact) mass is 175 g/mol. The summed E-state index contributed by atoms with van der Waals surface area (Å²) < 4.78 is 4.57. The Morgan fingerprint density at radius 3 is 2.91 bits per heavy atom. The quantitative estimate of drug-likeness (QED) is 0.393. The third kappa shape index (κ3) is 1.14. The number of carbonyl (C=O) groups is 1. The molecule has 2 atom stereocenters. The van der Waals surface area contributed by atoms with Gasteiger partial charge < -0.3 is 4.74 Å². The Hall–Kier alpha value is -0.540. The molecule has 1 rings (SSSR count). The minimum atomic E-state index is -0.696. The second-order valence-electron chi connectivity index (χ2n) is 2.60. The highest BCUT2D eigenvalue weighted by atomic mass is 35.5. The van der Waals surface area contributed by atoms with E-state index >= 15 is 0 Å². The average Bonchev–Trinajstić information content (AvgIpc) is 2.78. The standard InChI is InChI=1S/C7H10ClNO2/c1-3-5-4-7(5,9-8)6(10)11-2/h3,5,9H,1,4H2,2H3. The van der Waals surface area contributed by atoms with Crippen LogP contribution >= 0.6 is 11.8 Å². The Labute approximate surface area is 70.5 Å². The summed E-state index contributed by atoms with van der Waals surface area (Å²) in [5.41, 5.74) is -0.696. The lowest BCUT2D eigenvalue weighted by Gasteiger charge is -2.09. The number of methoxy groups -OCH3 is 1. The van der Waals surface area contributed by atoms with E-state index in [2.05, 4.69) is 16.2 Å². The average molecular weight is 176 g/mol. The van der Waals surface area contributed by atoms with E-state index in [4.69, 9.17) is 11.8 Å². The zero-order chi connectivity index (χ0) is 8.48. The van der Waals surface area contributed by atoms with Gasteiger partial charge in [-0.25, -0.2) is 9.63 Å². The van der Waals surface area contributed by atoms with Gasteiger partial charge in [-0.05, 0) is 18.2 Å². The van der Waals surface area contributed by atoms with Gasteiger partial charge in [-0.1, -0.05) is 6.08 Å². The fraction of sp³-hybridized carbons (Fsp3) is 0.571. The number of ether oxygens (including phenoxy) is 1. The molecule has 0 aromatic rings. The van der Waals surface area contributed by atoms with Gasteiger partial charge in [0.05, 0.1) is 7.11 Å². The van der Waals surface area contributed by atoms with Gasteiger partial charge in [0.1, 0.15) is 5.54 Å². The Balaban J connectivity index is 2.66. The summed E-state index contributed by atoms with van der Waals surface area (Å²) in [6.45, 7) is 3.58. The van der Waals surface area contributed by atoms with Crippen molar-refractivity contribution in [2.24, 2.45) is 5.92 Å². The third-order valence-electron chi connectivity index (χ3n) is 2.02. The maximum Gasteiger partial charge on any atom is 0.327 e. The number of esters is 1. The molecule has 3 nitrogen and oxygen atoms in total. The van der Waals surface area contributed by atoms with Crippen LogP contribution in [0.5, 0.6) is 0 Å². The van der Waals surface area contributed by atoms with E-state index in [0.717, 1.165) is 0 Å². The highest BCUT2D eigenvalue weighted by Crippen LogP contribution is 2.45. The molecular formula is C7H10ClNO2. The molecule has 2 unspecified atom stereocenters. The predicted molar refractivity (Wildman–Crippen MR) is 42.0 cm³/mol. The van der Waals surface area contributed by atoms with E-state index in [1.54, 1.807) is 6.08 Å². The number of carbonyl (C=O) groups excluding carboxylic acids is 1. The van der Waals surface area contributed by atoms with Gasteiger partial charge in [0.15, 0.2) is 0 Å². The second-order valence-corrected chi connectivity index (χ2v) is 2.79. The summed E-state index contributed by atoms with van der Waals surface area (Å²) in [6.07, 6.45) is 2.37. The van der Waals surface area contributed by atoms with Gasteiger partial charge >= 0.3 is 5.97 Å². The molecule has 0 radical (unpaired) electrons. The van der Waals surface area contributed by atoms with Crippen molar-refractivity contribution in [3.8, 4) is 0 Å². The first-order valence-corrected chi connectivity index (χ1v) is 3.68. The number of hydrogen-bond acceptors (Lipinski definition) is 3. The van der Waals surface area contributed by atoms with Crippen LogP contribution in [0.2, 0.25) is 0 Å². The Kier molecular flexibility index (Phi) is 2.20. The fourth-order valence-corrected chi connectivity index (χ4v) is 1.43. The van der Waals surface area contributed by atoms with Crippen LogP contribution in [0, 0.1) is 5.92 Å². The van der Waals surface area contributed by atoms with E-state index < -0.39 is 5.54 Å². The Bertz CT molecular complexity index is 195. The summed E-state index contributed by atoms with van der Waals surface area (Å²) in [4.78, 5) is 13.5. The fourth-order valence-electron chi connectivity index (χ4n) is 1.14. The first kappa shape index (κ1) is 8.56. The minimum Gasteiger partial charge on any atom is -0.468 e. The van der Waals surface area contributed by atoms with Crippen molar-refractivity contribution in [2.75, 3.05) is 7.11 Å². The van der Waals surface area contributed by atoms with Gasteiger partial charge in [0, 0.05) is 5.92 Å². The highest BCUT2D eigenvalue weighted by Gasteiger charge is 2.59. The van der Waals surface area contributed by atoms with Gasteiger partial charge in [0.25, 0.3) is 0 Å². The van der Waals surface area contributed by atoms with Gasteiger partial charge in [-0.15, -0.1) is 6.58 Å². The van der Waals surface area contributed by atoms with Crippen LogP contribution in [-0.2, 0) is 9.53 Å². The molecule has 0 bridgehead atoms. The zero-order valence-corrected chi connectivity index (χ0v) is 7.02. The normalized spacial score (nSPS) is 34.5. The molecule has 0 spiro atoms. The molecule has 0 saturated heterocycles. The minimum absolute atomic E-state index is 0.104. The molecule has 0 aliphatic heterocycles. The van der Waals surface area contributed by atoms with Crippen molar-refractivity contribution in [1.82, 2.24) is 4.84 Å². The van der Waals surface area contributed by atoms with Crippen molar-refractivity contribution in [2.45, 2.75) is 12.0 Å². The van der Waals surface area contributed by atoms with Gasteiger partial charge in [0.2, 0.25) is 0 Å². The molecule has 0 heterocycles. The maximum atomic E-state index is 11.1. The predicted octanol–water partition coefficient (Wildman–Crippen LogP) is 0.847. The molecule has 0 amide bonds. The Morgan fingerprint density at radius 1 is 2.00 bits per heavy atom. The molecule has 1 saturated carbocycles. The maximum absolute atomic E-state index is 11.1. The molecule has 1 N–H and O–H groups in total. The SMILES string of the molecule is C=CC1CC1(NCl)C(=O)OC. The van der Waals surface area contributed by atoms with E-state index in [1.807, 2.05) is 0 Å². The zero-order valence-electron chi connectivity index (χ0n) is 6.26. The number of hydrogen-bond donors (Lipinski definition) is 1. The molecule has 62 valence electrons. The third-order valence-corrected chi connectivity index (χ3v) is 2.35. The smallest absolute Gasteiger partial charge is 0.327 e. The lowest BCUT2D eigenvalue weighted by molar-refractivity contribution is -0.144. The number of nitrogens with one attached hydrogen (secondary N) is 1. The van der Waals surface area contributed by atoms with Crippen molar-refractivity contribution >= 4 is 17.7 Å². The van der Waals surface area contributed by atoms with E-state index in [9.17, 15) is 4.79 Å². The molecule has 0 aromatic heterocycles. The number of halogens is 1. The van der Waals surface area contributed by atoms with Crippen molar-refractivity contribution in [1.29, 1.82) is 0 Å². The summed E-state index contributed by atoms with van der Waals surface area (Å²) in [7, 11) is 1.34. The molecule has 11 heavy (non-hydrogen) atoms. The topological polar surface area (TPSA) is 38.3 Å². The van der Waals surface area contributed by atoms with Crippen LogP contribution < -0.4 is 4.84 Å². The molecule has 1 aliphatic rings. The van der Waals surface area contributed by atoms with Crippen LogP contribution in [0.1, 0.15) is 6.42 Å². The van der Waals surface area contributed by atoms with Crippen LogP contribution in [-0.4, -0.2) is 18.6 Å². The van der Waals surface area contributed by atoms with Gasteiger partial charge in [-0.3, -0.25) is 0 Å². The highest BCUT2D eigenvalue weighted by molar-refractivity contribution is 6.16. The lowest BCUT2D eigenvalue weighted by Crippen LogP contribution is -2.36.